The molecule has 0 bridgehead atoms. The lowest BCUT2D eigenvalue weighted by molar-refractivity contribution is 0.0931. The maximum atomic E-state index is 12.7. The van der Waals surface area contributed by atoms with E-state index in [0.29, 0.717) is 16.5 Å². The van der Waals surface area contributed by atoms with Crippen LogP contribution in [0.25, 0.3) is 0 Å². The SMILES string of the molecule is O=C(NC(c1ccc(Cl)cc1)C1CC1)c1ccc(S(=O)(=O)NC2CC2)cc1. The van der Waals surface area contributed by atoms with Crippen molar-refractivity contribution in [3.05, 3.63) is 64.7 Å². The van der Waals surface area contributed by atoms with Gasteiger partial charge < -0.3 is 5.32 Å². The quantitative estimate of drug-likeness (QED) is 0.739. The highest BCUT2D eigenvalue weighted by atomic mass is 35.5. The molecule has 2 fully saturated rings. The Bertz CT molecular complexity index is 934. The molecule has 0 aliphatic heterocycles. The summed E-state index contributed by atoms with van der Waals surface area (Å²) in [7, 11) is -3.51. The van der Waals surface area contributed by atoms with Gasteiger partial charge in [0.2, 0.25) is 10.0 Å². The molecule has 0 aromatic heterocycles. The van der Waals surface area contributed by atoms with Crippen LogP contribution in [0.2, 0.25) is 5.02 Å². The van der Waals surface area contributed by atoms with Crippen molar-refractivity contribution in [1.82, 2.24) is 10.0 Å². The molecule has 0 saturated heterocycles. The number of amides is 1. The normalized spacial score (nSPS) is 18.1. The summed E-state index contributed by atoms with van der Waals surface area (Å²) in [5.74, 6) is 0.221. The predicted molar refractivity (Wildman–Crippen MR) is 104 cm³/mol. The van der Waals surface area contributed by atoms with Crippen LogP contribution in [0.1, 0.15) is 47.6 Å². The number of rotatable bonds is 7. The molecule has 0 radical (unpaired) electrons. The van der Waals surface area contributed by atoms with Crippen LogP contribution < -0.4 is 10.0 Å². The minimum atomic E-state index is -3.51. The maximum Gasteiger partial charge on any atom is 0.251 e. The molecule has 2 aliphatic rings. The number of hydrogen-bond acceptors (Lipinski definition) is 3. The van der Waals surface area contributed by atoms with Gasteiger partial charge in [-0.3, -0.25) is 4.79 Å². The summed E-state index contributed by atoms with van der Waals surface area (Å²) in [6.45, 7) is 0. The summed E-state index contributed by atoms with van der Waals surface area (Å²) in [6.07, 6.45) is 3.93. The van der Waals surface area contributed by atoms with E-state index in [2.05, 4.69) is 10.0 Å². The van der Waals surface area contributed by atoms with Crippen LogP contribution in [0.3, 0.4) is 0 Å². The number of benzene rings is 2. The average molecular weight is 405 g/mol. The Hall–Kier alpha value is -1.89. The zero-order chi connectivity index (χ0) is 19.0. The molecule has 4 rings (SSSR count). The van der Waals surface area contributed by atoms with Crippen molar-refractivity contribution in [2.45, 2.75) is 42.7 Å². The third-order valence-corrected chi connectivity index (χ3v) is 6.72. The number of halogens is 1. The fourth-order valence-corrected chi connectivity index (χ4v) is 4.50. The topological polar surface area (TPSA) is 75.3 Å². The van der Waals surface area contributed by atoms with Gasteiger partial charge in [-0.25, -0.2) is 13.1 Å². The second-order valence-electron chi connectivity index (χ2n) is 7.26. The van der Waals surface area contributed by atoms with E-state index in [4.69, 9.17) is 11.6 Å². The Morgan fingerprint density at radius 1 is 0.963 bits per heavy atom. The molecule has 1 amide bonds. The number of nitrogens with one attached hydrogen (secondary N) is 2. The van der Waals surface area contributed by atoms with Gasteiger partial charge >= 0.3 is 0 Å². The van der Waals surface area contributed by atoms with E-state index in [9.17, 15) is 13.2 Å². The molecular weight excluding hydrogens is 384 g/mol. The second-order valence-corrected chi connectivity index (χ2v) is 9.41. The molecule has 0 heterocycles. The lowest BCUT2D eigenvalue weighted by atomic mass is 10.0. The summed E-state index contributed by atoms with van der Waals surface area (Å²) in [5, 5.41) is 3.75. The highest BCUT2D eigenvalue weighted by Gasteiger charge is 2.33. The Morgan fingerprint density at radius 3 is 2.15 bits per heavy atom. The molecule has 2 aromatic carbocycles. The zero-order valence-corrected chi connectivity index (χ0v) is 16.3. The summed E-state index contributed by atoms with van der Waals surface area (Å²) >= 11 is 5.96. The van der Waals surface area contributed by atoms with Crippen molar-refractivity contribution in [2.75, 3.05) is 0 Å². The second kappa shape index (κ2) is 7.26. The van der Waals surface area contributed by atoms with Gasteiger partial charge in [-0.2, -0.15) is 0 Å². The highest BCUT2D eigenvalue weighted by Crippen LogP contribution is 2.41. The first-order valence-electron chi connectivity index (χ1n) is 9.11. The van der Waals surface area contributed by atoms with Gasteiger partial charge in [-0.1, -0.05) is 23.7 Å². The fraction of sp³-hybridized carbons (Fsp3) is 0.350. The van der Waals surface area contributed by atoms with Gasteiger partial charge in [-0.15, -0.1) is 0 Å². The van der Waals surface area contributed by atoms with E-state index in [0.717, 1.165) is 31.2 Å². The first-order valence-corrected chi connectivity index (χ1v) is 11.0. The summed E-state index contributed by atoms with van der Waals surface area (Å²) in [6, 6.07) is 13.6. The molecule has 1 atom stereocenters. The summed E-state index contributed by atoms with van der Waals surface area (Å²) in [4.78, 5) is 12.9. The third-order valence-electron chi connectivity index (χ3n) is 4.94. The first kappa shape index (κ1) is 18.5. The van der Waals surface area contributed by atoms with Gasteiger partial charge in [0.1, 0.15) is 0 Å². The van der Waals surface area contributed by atoms with Gasteiger partial charge in [0.25, 0.3) is 5.91 Å². The fourth-order valence-electron chi connectivity index (χ4n) is 3.07. The predicted octanol–water partition coefficient (Wildman–Crippen LogP) is 3.66. The number of sulfonamides is 1. The van der Waals surface area contributed by atoms with Crippen molar-refractivity contribution in [2.24, 2.45) is 5.92 Å². The van der Waals surface area contributed by atoms with Crippen LogP contribution in [0.5, 0.6) is 0 Å². The summed E-state index contributed by atoms with van der Waals surface area (Å²) in [5.41, 5.74) is 1.48. The lowest BCUT2D eigenvalue weighted by Crippen LogP contribution is -2.30. The Morgan fingerprint density at radius 2 is 1.59 bits per heavy atom. The Balaban J connectivity index is 1.47. The molecule has 142 valence electrons. The Kier molecular flexibility index (Phi) is 4.97. The van der Waals surface area contributed by atoms with Gasteiger partial charge in [0.05, 0.1) is 10.9 Å². The molecule has 7 heteroatoms. The molecule has 2 N–H and O–H groups in total. The molecule has 0 spiro atoms. The van der Waals surface area contributed by atoms with E-state index >= 15 is 0 Å². The molecule has 27 heavy (non-hydrogen) atoms. The smallest absolute Gasteiger partial charge is 0.251 e. The molecule has 2 aliphatic carbocycles. The van der Waals surface area contributed by atoms with Crippen LogP contribution >= 0.6 is 11.6 Å². The zero-order valence-electron chi connectivity index (χ0n) is 14.7. The van der Waals surface area contributed by atoms with E-state index in [1.165, 1.54) is 12.1 Å². The highest BCUT2D eigenvalue weighted by molar-refractivity contribution is 7.89. The van der Waals surface area contributed by atoms with E-state index in [1.807, 2.05) is 24.3 Å². The standard InChI is InChI=1S/C20H21ClN2O3S/c21-16-7-3-14(4-8-16)19(13-1-2-13)22-20(24)15-5-11-18(12-6-15)27(25,26)23-17-9-10-17/h3-8,11-13,17,19,23H,1-2,9-10H2,(H,22,24). The van der Waals surface area contributed by atoms with Crippen LogP contribution in [-0.4, -0.2) is 20.4 Å². The molecule has 2 saturated carbocycles. The molecule has 1 unspecified atom stereocenters. The molecular formula is C20H21ClN2O3S. The van der Waals surface area contributed by atoms with Crippen molar-refractivity contribution in [1.29, 1.82) is 0 Å². The van der Waals surface area contributed by atoms with Crippen molar-refractivity contribution in [3.8, 4) is 0 Å². The van der Waals surface area contributed by atoms with Crippen LogP contribution in [0.4, 0.5) is 0 Å². The van der Waals surface area contributed by atoms with Crippen LogP contribution in [-0.2, 0) is 10.0 Å². The van der Waals surface area contributed by atoms with Crippen molar-refractivity contribution < 1.29 is 13.2 Å². The first-order chi connectivity index (χ1) is 12.9. The maximum absolute atomic E-state index is 12.7. The lowest BCUT2D eigenvalue weighted by Gasteiger charge is -2.19. The minimum absolute atomic E-state index is 0.0525. The van der Waals surface area contributed by atoms with Crippen LogP contribution in [0.15, 0.2) is 53.4 Å². The minimum Gasteiger partial charge on any atom is -0.345 e. The largest absolute Gasteiger partial charge is 0.345 e. The van der Waals surface area contributed by atoms with E-state index in [-0.39, 0.29) is 22.9 Å². The van der Waals surface area contributed by atoms with Gasteiger partial charge in [0.15, 0.2) is 0 Å². The van der Waals surface area contributed by atoms with Crippen LogP contribution in [0, 0.1) is 5.92 Å². The number of carbonyl (C=O) groups excluding carboxylic acids is 1. The Labute approximate surface area is 164 Å². The monoisotopic (exact) mass is 404 g/mol. The summed E-state index contributed by atoms with van der Waals surface area (Å²) < 4.78 is 27.1. The van der Waals surface area contributed by atoms with Gasteiger partial charge in [0, 0.05) is 16.6 Å². The van der Waals surface area contributed by atoms with Crippen molar-refractivity contribution in [3.63, 3.8) is 0 Å². The third kappa shape index (κ3) is 4.51. The number of carbonyl (C=O) groups is 1. The average Bonchev–Trinajstić information content (AvgIpc) is 3.55. The van der Waals surface area contributed by atoms with Gasteiger partial charge in [-0.05, 0) is 73.6 Å². The van der Waals surface area contributed by atoms with Crippen molar-refractivity contribution >= 4 is 27.5 Å². The van der Waals surface area contributed by atoms with E-state index in [1.54, 1.807) is 12.1 Å². The number of hydrogen-bond donors (Lipinski definition) is 2. The molecule has 5 nitrogen and oxygen atoms in total. The molecule has 2 aromatic rings. The van der Waals surface area contributed by atoms with E-state index < -0.39 is 10.0 Å².